The van der Waals surface area contributed by atoms with Crippen LogP contribution in [0.2, 0.25) is 0 Å². The molecule has 7 nitrogen and oxygen atoms in total. The lowest BCUT2D eigenvalue weighted by atomic mass is 10.2. The van der Waals surface area contributed by atoms with Crippen LogP contribution < -0.4 is 10.6 Å². The molecule has 8 heteroatoms. The zero-order chi connectivity index (χ0) is 19.4. The van der Waals surface area contributed by atoms with Gasteiger partial charge in [-0.15, -0.1) is 0 Å². The summed E-state index contributed by atoms with van der Waals surface area (Å²) in [6, 6.07) is 15.3. The molecule has 0 bridgehead atoms. The molecule has 0 unspecified atom stereocenters. The third kappa shape index (κ3) is 4.07. The van der Waals surface area contributed by atoms with Gasteiger partial charge in [-0.05, 0) is 43.2 Å². The maximum Gasteiger partial charge on any atom is 0.244 e. The van der Waals surface area contributed by atoms with E-state index in [-0.39, 0.29) is 4.90 Å². The molecule has 4 rings (SSSR count). The molecule has 3 aromatic rings. The van der Waals surface area contributed by atoms with Crippen LogP contribution in [0.25, 0.3) is 10.9 Å². The Morgan fingerprint density at radius 2 is 1.61 bits per heavy atom. The smallest absolute Gasteiger partial charge is 0.244 e. The second kappa shape index (κ2) is 8.12. The Morgan fingerprint density at radius 1 is 0.893 bits per heavy atom. The first-order valence-electron chi connectivity index (χ1n) is 9.43. The predicted octanol–water partition coefficient (Wildman–Crippen LogP) is 2.94. The number of pyridine rings is 2. The van der Waals surface area contributed by atoms with E-state index in [0.29, 0.717) is 32.0 Å². The number of aromatic nitrogens is 2. The van der Waals surface area contributed by atoms with Crippen LogP contribution in [0.3, 0.4) is 0 Å². The highest BCUT2D eigenvalue weighted by Gasteiger charge is 2.27. The van der Waals surface area contributed by atoms with E-state index < -0.39 is 10.0 Å². The highest BCUT2D eigenvalue weighted by molar-refractivity contribution is 7.89. The van der Waals surface area contributed by atoms with E-state index in [0.717, 1.165) is 29.6 Å². The molecule has 1 aromatic carbocycles. The average molecular weight is 398 g/mol. The lowest BCUT2D eigenvalue weighted by molar-refractivity contribution is 0.477. The van der Waals surface area contributed by atoms with Gasteiger partial charge in [-0.3, -0.25) is 0 Å². The Kier molecular flexibility index (Phi) is 5.40. The minimum Gasteiger partial charge on any atom is -0.368 e. The summed E-state index contributed by atoms with van der Waals surface area (Å²) < 4.78 is 26.5. The molecule has 1 saturated heterocycles. The number of nitrogens with zero attached hydrogens (tertiary/aromatic N) is 3. The van der Waals surface area contributed by atoms with Crippen LogP contribution in [0.15, 0.2) is 59.6 Å². The van der Waals surface area contributed by atoms with Crippen molar-refractivity contribution < 1.29 is 8.42 Å². The molecule has 0 spiro atoms. The highest BCUT2D eigenvalue weighted by Crippen LogP contribution is 2.21. The SMILES string of the molecule is O=S(=O)(c1ccc(NCCNc2ccc3ccccc3n2)nc1)N1CCCC1. The average Bonchev–Trinajstić information content (AvgIpc) is 3.27. The predicted molar refractivity (Wildman–Crippen MR) is 111 cm³/mol. The number of benzene rings is 1. The summed E-state index contributed by atoms with van der Waals surface area (Å²) >= 11 is 0. The molecule has 0 aliphatic carbocycles. The van der Waals surface area contributed by atoms with Gasteiger partial charge in [0.05, 0.1) is 5.52 Å². The molecule has 146 valence electrons. The summed E-state index contributed by atoms with van der Waals surface area (Å²) in [4.78, 5) is 9.06. The second-order valence-corrected chi connectivity index (χ2v) is 8.67. The van der Waals surface area contributed by atoms with E-state index in [1.54, 1.807) is 12.1 Å². The van der Waals surface area contributed by atoms with Gasteiger partial charge in [0.1, 0.15) is 16.5 Å². The van der Waals surface area contributed by atoms with Crippen molar-refractivity contribution in [1.29, 1.82) is 0 Å². The Labute approximate surface area is 164 Å². The van der Waals surface area contributed by atoms with Crippen molar-refractivity contribution in [2.75, 3.05) is 36.8 Å². The van der Waals surface area contributed by atoms with Crippen LogP contribution in [-0.4, -0.2) is 48.9 Å². The fraction of sp³-hybridized carbons (Fsp3) is 0.300. The number of para-hydroxylation sites is 1. The van der Waals surface area contributed by atoms with Gasteiger partial charge in [0, 0.05) is 37.8 Å². The van der Waals surface area contributed by atoms with Crippen molar-refractivity contribution in [3.05, 3.63) is 54.7 Å². The third-order valence-electron chi connectivity index (χ3n) is 4.77. The topological polar surface area (TPSA) is 87.2 Å². The van der Waals surface area contributed by atoms with Crippen LogP contribution in [0.5, 0.6) is 0 Å². The first-order valence-corrected chi connectivity index (χ1v) is 10.9. The van der Waals surface area contributed by atoms with Gasteiger partial charge in [0.15, 0.2) is 0 Å². The maximum atomic E-state index is 12.5. The minimum absolute atomic E-state index is 0.249. The summed E-state index contributed by atoms with van der Waals surface area (Å²) in [5.41, 5.74) is 0.955. The van der Waals surface area contributed by atoms with Gasteiger partial charge in [-0.2, -0.15) is 4.31 Å². The molecular formula is C20H23N5O2S. The molecule has 2 aromatic heterocycles. The molecular weight excluding hydrogens is 374 g/mol. The van der Waals surface area contributed by atoms with Gasteiger partial charge in [0.2, 0.25) is 10.0 Å². The molecule has 0 radical (unpaired) electrons. The Balaban J connectivity index is 1.30. The zero-order valence-corrected chi connectivity index (χ0v) is 16.3. The van der Waals surface area contributed by atoms with Crippen LogP contribution in [-0.2, 0) is 10.0 Å². The van der Waals surface area contributed by atoms with Gasteiger partial charge < -0.3 is 10.6 Å². The van der Waals surface area contributed by atoms with Crippen LogP contribution >= 0.6 is 0 Å². The largest absolute Gasteiger partial charge is 0.368 e. The van der Waals surface area contributed by atoms with Crippen molar-refractivity contribution in [2.45, 2.75) is 17.7 Å². The summed E-state index contributed by atoms with van der Waals surface area (Å²) in [6.07, 6.45) is 3.27. The van der Waals surface area contributed by atoms with E-state index in [1.165, 1.54) is 10.5 Å². The van der Waals surface area contributed by atoms with E-state index >= 15 is 0 Å². The van der Waals surface area contributed by atoms with E-state index in [1.807, 2.05) is 36.4 Å². The van der Waals surface area contributed by atoms with Gasteiger partial charge in [-0.25, -0.2) is 18.4 Å². The number of rotatable bonds is 7. The molecule has 3 heterocycles. The molecule has 1 aliphatic rings. The lowest BCUT2D eigenvalue weighted by Gasteiger charge is -2.15. The second-order valence-electron chi connectivity index (χ2n) is 6.73. The van der Waals surface area contributed by atoms with Crippen LogP contribution in [0.4, 0.5) is 11.6 Å². The van der Waals surface area contributed by atoms with Gasteiger partial charge in [-0.1, -0.05) is 18.2 Å². The Hall–Kier alpha value is -2.71. The number of nitrogens with one attached hydrogen (secondary N) is 2. The van der Waals surface area contributed by atoms with Crippen molar-refractivity contribution in [2.24, 2.45) is 0 Å². The monoisotopic (exact) mass is 397 g/mol. The molecule has 0 amide bonds. The first kappa shape index (κ1) is 18.6. The van der Waals surface area contributed by atoms with Crippen molar-refractivity contribution in [1.82, 2.24) is 14.3 Å². The fourth-order valence-electron chi connectivity index (χ4n) is 3.26. The summed E-state index contributed by atoms with van der Waals surface area (Å²) in [6.45, 7) is 2.49. The van der Waals surface area contributed by atoms with Crippen LogP contribution in [0.1, 0.15) is 12.8 Å². The quantitative estimate of drug-likeness (QED) is 0.596. The number of hydrogen-bond donors (Lipinski definition) is 2. The third-order valence-corrected chi connectivity index (χ3v) is 6.66. The zero-order valence-electron chi connectivity index (χ0n) is 15.5. The summed E-state index contributed by atoms with van der Waals surface area (Å²) in [5, 5.41) is 7.58. The Bertz CT molecular complexity index is 1050. The highest BCUT2D eigenvalue weighted by atomic mass is 32.2. The molecule has 0 atom stereocenters. The fourth-order valence-corrected chi connectivity index (χ4v) is 4.72. The maximum absolute atomic E-state index is 12.5. The van der Waals surface area contributed by atoms with E-state index in [9.17, 15) is 8.42 Å². The van der Waals surface area contributed by atoms with Crippen molar-refractivity contribution in [3.63, 3.8) is 0 Å². The molecule has 1 fully saturated rings. The lowest BCUT2D eigenvalue weighted by Crippen LogP contribution is -2.28. The molecule has 1 aliphatic heterocycles. The normalized spacial score (nSPS) is 15.0. The van der Waals surface area contributed by atoms with Crippen molar-refractivity contribution in [3.8, 4) is 0 Å². The van der Waals surface area contributed by atoms with Gasteiger partial charge in [0.25, 0.3) is 0 Å². The van der Waals surface area contributed by atoms with Gasteiger partial charge >= 0.3 is 0 Å². The number of fused-ring (bicyclic) bond motifs is 1. The number of anilines is 2. The number of hydrogen-bond acceptors (Lipinski definition) is 6. The molecule has 28 heavy (non-hydrogen) atoms. The van der Waals surface area contributed by atoms with Crippen molar-refractivity contribution >= 4 is 32.6 Å². The molecule has 0 saturated carbocycles. The first-order chi connectivity index (χ1) is 13.6. The minimum atomic E-state index is -3.41. The Morgan fingerprint density at radius 3 is 2.36 bits per heavy atom. The standard InChI is InChI=1S/C20H23N5O2S/c26-28(27,25-13-3-4-14-25)17-8-10-19(23-15-17)21-11-12-22-20-9-7-16-5-1-2-6-18(16)24-20/h1-2,5-10,15H,3-4,11-14H2,(H,21,23)(H,22,24). The summed E-state index contributed by atoms with van der Waals surface area (Å²) in [7, 11) is -3.41. The summed E-state index contributed by atoms with van der Waals surface area (Å²) in [5.74, 6) is 1.47. The van der Waals surface area contributed by atoms with E-state index in [2.05, 4.69) is 20.6 Å². The van der Waals surface area contributed by atoms with Crippen LogP contribution in [0, 0.1) is 0 Å². The van der Waals surface area contributed by atoms with E-state index in [4.69, 9.17) is 0 Å². The molecule has 2 N–H and O–H groups in total. The number of sulfonamides is 1.